The van der Waals surface area contributed by atoms with E-state index in [9.17, 15) is 5.11 Å². The summed E-state index contributed by atoms with van der Waals surface area (Å²) in [4.78, 5) is 13.7. The van der Waals surface area contributed by atoms with Crippen LogP contribution >= 0.6 is 0 Å². The normalized spacial score (nSPS) is 26.0. The number of hydrogen-bond acceptors (Lipinski definition) is 6. The van der Waals surface area contributed by atoms with E-state index in [0.717, 1.165) is 36.5 Å². The number of rotatable bonds is 3. The zero-order chi connectivity index (χ0) is 16.4. The highest BCUT2D eigenvalue weighted by molar-refractivity contribution is 5.75. The molecular weight excluding hydrogens is 304 g/mol. The summed E-state index contributed by atoms with van der Waals surface area (Å²) >= 11 is 0. The fourth-order valence-electron chi connectivity index (χ4n) is 3.66. The first-order valence-corrected chi connectivity index (χ1v) is 8.71. The molecule has 2 aliphatic heterocycles. The third kappa shape index (κ3) is 3.36. The second-order valence-corrected chi connectivity index (χ2v) is 6.90. The second-order valence-electron chi connectivity index (χ2n) is 6.90. The van der Waals surface area contributed by atoms with Crippen molar-refractivity contribution in [3.8, 4) is 0 Å². The molecular formula is C18H24N4O2. The SMILES string of the molecule is O[C@]1(CN2CCCC2)COCCN(c2cnc3ccccc3n2)C1. The van der Waals surface area contributed by atoms with Crippen LogP contribution < -0.4 is 4.90 Å². The molecule has 24 heavy (non-hydrogen) atoms. The maximum absolute atomic E-state index is 11.1. The molecule has 2 fully saturated rings. The van der Waals surface area contributed by atoms with Gasteiger partial charge in [0.25, 0.3) is 0 Å². The Morgan fingerprint density at radius 3 is 2.75 bits per heavy atom. The Labute approximate surface area is 142 Å². The third-order valence-electron chi connectivity index (χ3n) is 4.84. The average Bonchev–Trinajstić information content (AvgIpc) is 3.02. The van der Waals surface area contributed by atoms with Crippen LogP contribution in [0.4, 0.5) is 5.82 Å². The van der Waals surface area contributed by atoms with Crippen molar-refractivity contribution in [2.75, 3.05) is 50.8 Å². The van der Waals surface area contributed by atoms with Crippen LogP contribution in [0.25, 0.3) is 11.0 Å². The number of aliphatic hydroxyl groups is 1. The van der Waals surface area contributed by atoms with Gasteiger partial charge in [-0.15, -0.1) is 0 Å². The van der Waals surface area contributed by atoms with E-state index >= 15 is 0 Å². The molecule has 0 spiro atoms. The number of fused-ring (bicyclic) bond motifs is 1. The zero-order valence-corrected chi connectivity index (χ0v) is 13.9. The van der Waals surface area contributed by atoms with E-state index in [1.54, 1.807) is 6.20 Å². The molecule has 4 rings (SSSR count). The molecule has 0 unspecified atom stereocenters. The van der Waals surface area contributed by atoms with Crippen LogP contribution in [0.3, 0.4) is 0 Å². The van der Waals surface area contributed by atoms with Gasteiger partial charge in [-0.1, -0.05) is 12.1 Å². The number of benzene rings is 1. The Kier molecular flexibility index (Phi) is 4.35. The lowest BCUT2D eigenvalue weighted by Gasteiger charge is -2.34. The smallest absolute Gasteiger partial charge is 0.148 e. The van der Waals surface area contributed by atoms with Crippen LogP contribution in [-0.2, 0) is 4.74 Å². The van der Waals surface area contributed by atoms with E-state index in [1.807, 2.05) is 24.3 Å². The van der Waals surface area contributed by atoms with Gasteiger partial charge in [-0.05, 0) is 38.1 Å². The molecule has 0 aliphatic carbocycles. The first-order chi connectivity index (χ1) is 11.7. The van der Waals surface area contributed by atoms with Crippen LogP contribution in [0.1, 0.15) is 12.8 Å². The Balaban J connectivity index is 1.56. The van der Waals surface area contributed by atoms with E-state index in [-0.39, 0.29) is 0 Å². The quantitative estimate of drug-likeness (QED) is 0.916. The largest absolute Gasteiger partial charge is 0.384 e. The fourth-order valence-corrected chi connectivity index (χ4v) is 3.66. The minimum absolute atomic E-state index is 0.376. The van der Waals surface area contributed by atoms with Crippen molar-refractivity contribution in [3.05, 3.63) is 30.5 Å². The van der Waals surface area contributed by atoms with Crippen molar-refractivity contribution in [1.82, 2.24) is 14.9 Å². The Morgan fingerprint density at radius 2 is 1.92 bits per heavy atom. The van der Waals surface area contributed by atoms with Gasteiger partial charge in [0.15, 0.2) is 0 Å². The monoisotopic (exact) mass is 328 g/mol. The lowest BCUT2D eigenvalue weighted by molar-refractivity contribution is -0.0439. The average molecular weight is 328 g/mol. The molecule has 3 heterocycles. The Bertz CT molecular complexity index is 704. The number of ether oxygens (including phenoxy) is 1. The number of nitrogens with zero attached hydrogens (tertiary/aromatic N) is 4. The molecule has 6 nitrogen and oxygen atoms in total. The van der Waals surface area contributed by atoms with Gasteiger partial charge in [0, 0.05) is 13.1 Å². The summed E-state index contributed by atoms with van der Waals surface area (Å²) in [7, 11) is 0. The second kappa shape index (κ2) is 6.63. The van der Waals surface area contributed by atoms with Crippen LogP contribution in [0.5, 0.6) is 0 Å². The topological polar surface area (TPSA) is 61.7 Å². The highest BCUT2D eigenvalue weighted by Gasteiger charge is 2.35. The molecule has 1 N–H and O–H groups in total. The molecule has 0 saturated carbocycles. The predicted octanol–water partition coefficient (Wildman–Crippen LogP) is 1.29. The van der Waals surface area contributed by atoms with Crippen LogP contribution in [0.15, 0.2) is 30.5 Å². The van der Waals surface area contributed by atoms with Gasteiger partial charge >= 0.3 is 0 Å². The number of anilines is 1. The summed E-state index contributed by atoms with van der Waals surface area (Å²) in [5, 5.41) is 11.1. The molecule has 2 aromatic rings. The maximum Gasteiger partial charge on any atom is 0.148 e. The Morgan fingerprint density at radius 1 is 1.12 bits per heavy atom. The molecule has 0 amide bonds. The van der Waals surface area contributed by atoms with E-state index in [1.165, 1.54) is 12.8 Å². The number of likely N-dealkylation sites (tertiary alicyclic amines) is 1. The van der Waals surface area contributed by atoms with E-state index in [2.05, 4.69) is 14.8 Å². The van der Waals surface area contributed by atoms with Gasteiger partial charge in [0.2, 0.25) is 0 Å². The minimum Gasteiger partial charge on any atom is -0.384 e. The van der Waals surface area contributed by atoms with Crippen molar-refractivity contribution >= 4 is 16.9 Å². The lowest BCUT2D eigenvalue weighted by atomic mass is 10.0. The number of hydrogen-bond donors (Lipinski definition) is 1. The van der Waals surface area contributed by atoms with Crippen LogP contribution in [-0.4, -0.2) is 71.5 Å². The minimum atomic E-state index is -0.867. The fraction of sp³-hybridized carbons (Fsp3) is 0.556. The first-order valence-electron chi connectivity index (χ1n) is 8.71. The van der Waals surface area contributed by atoms with Crippen molar-refractivity contribution in [2.24, 2.45) is 0 Å². The molecule has 0 bridgehead atoms. The highest BCUT2D eigenvalue weighted by atomic mass is 16.5. The van der Waals surface area contributed by atoms with Crippen molar-refractivity contribution in [3.63, 3.8) is 0 Å². The molecule has 1 aromatic heterocycles. The molecule has 2 aliphatic rings. The Hall–Kier alpha value is -1.76. The number of β-amino-alcohol motifs (C(OH)–C–C–N with tert-alkyl or cyclic N) is 1. The van der Waals surface area contributed by atoms with Gasteiger partial charge in [-0.25, -0.2) is 4.98 Å². The van der Waals surface area contributed by atoms with Gasteiger partial charge in [-0.3, -0.25) is 4.98 Å². The summed E-state index contributed by atoms with van der Waals surface area (Å²) in [5.74, 6) is 0.805. The maximum atomic E-state index is 11.1. The summed E-state index contributed by atoms with van der Waals surface area (Å²) in [6.07, 6.45) is 4.23. The summed E-state index contributed by atoms with van der Waals surface area (Å²) in [6, 6.07) is 7.86. The molecule has 2 saturated heterocycles. The van der Waals surface area contributed by atoms with Crippen LogP contribution in [0, 0.1) is 0 Å². The standard InChI is InChI=1S/C18H24N4O2/c23-18(12-21-7-3-4-8-21)13-22(9-10-24-14-18)17-11-19-15-5-1-2-6-16(15)20-17/h1-2,5-6,11,23H,3-4,7-10,12-14H2/t18-/m0/s1. The molecule has 128 valence electrons. The van der Waals surface area contributed by atoms with Gasteiger partial charge in [0.05, 0.1) is 37.0 Å². The van der Waals surface area contributed by atoms with Crippen molar-refractivity contribution in [2.45, 2.75) is 18.4 Å². The van der Waals surface area contributed by atoms with Crippen molar-refractivity contribution < 1.29 is 9.84 Å². The summed E-state index contributed by atoms with van der Waals surface area (Å²) < 4.78 is 5.69. The van der Waals surface area contributed by atoms with Crippen LogP contribution in [0.2, 0.25) is 0 Å². The summed E-state index contributed by atoms with van der Waals surface area (Å²) in [5.41, 5.74) is 0.900. The summed E-state index contributed by atoms with van der Waals surface area (Å²) in [6.45, 7) is 5.00. The molecule has 0 radical (unpaired) electrons. The lowest BCUT2D eigenvalue weighted by Crippen LogP contribution is -2.52. The number of para-hydroxylation sites is 2. The van der Waals surface area contributed by atoms with Gasteiger partial charge in [0.1, 0.15) is 11.4 Å². The first kappa shape index (κ1) is 15.7. The molecule has 1 atom stereocenters. The highest BCUT2D eigenvalue weighted by Crippen LogP contribution is 2.22. The number of aromatic nitrogens is 2. The third-order valence-corrected chi connectivity index (χ3v) is 4.84. The van der Waals surface area contributed by atoms with E-state index in [4.69, 9.17) is 9.72 Å². The van der Waals surface area contributed by atoms with E-state index in [0.29, 0.717) is 26.3 Å². The van der Waals surface area contributed by atoms with E-state index < -0.39 is 5.60 Å². The predicted molar refractivity (Wildman–Crippen MR) is 93.2 cm³/mol. The molecule has 1 aromatic carbocycles. The van der Waals surface area contributed by atoms with Crippen molar-refractivity contribution in [1.29, 1.82) is 0 Å². The molecule has 6 heteroatoms. The van der Waals surface area contributed by atoms with Gasteiger partial charge < -0.3 is 19.6 Å². The zero-order valence-electron chi connectivity index (χ0n) is 13.9. The van der Waals surface area contributed by atoms with Gasteiger partial charge in [-0.2, -0.15) is 0 Å².